The predicted octanol–water partition coefficient (Wildman–Crippen LogP) is 0.720. The lowest BCUT2D eigenvalue weighted by molar-refractivity contribution is -0.144. The van der Waals surface area contributed by atoms with E-state index in [1.165, 1.54) is 32.4 Å². The van der Waals surface area contributed by atoms with E-state index in [2.05, 4.69) is 9.80 Å². The molecule has 0 aromatic heterocycles. The fourth-order valence-electron chi connectivity index (χ4n) is 2.75. The molecule has 0 aromatic carbocycles. The lowest BCUT2D eigenvalue weighted by Gasteiger charge is -2.23. The molecule has 2 saturated heterocycles. The van der Waals surface area contributed by atoms with Crippen LogP contribution < -0.4 is 0 Å². The van der Waals surface area contributed by atoms with Crippen LogP contribution in [0.15, 0.2) is 0 Å². The lowest BCUT2D eigenvalue weighted by Crippen LogP contribution is -2.36. The summed E-state index contributed by atoms with van der Waals surface area (Å²) in [5.41, 5.74) is 0. The van der Waals surface area contributed by atoms with Crippen LogP contribution in [0.1, 0.15) is 26.2 Å². The van der Waals surface area contributed by atoms with Crippen LogP contribution in [0, 0.1) is 0 Å². The van der Waals surface area contributed by atoms with Crippen LogP contribution in [0.25, 0.3) is 0 Å². The highest BCUT2D eigenvalue weighted by atomic mass is 16.5. The summed E-state index contributed by atoms with van der Waals surface area (Å²) in [6.07, 6.45) is 3.89. The van der Waals surface area contributed by atoms with Gasteiger partial charge in [-0.2, -0.15) is 0 Å². The highest BCUT2D eigenvalue weighted by Gasteiger charge is 2.29. The Morgan fingerprint density at radius 3 is 2.75 bits per heavy atom. The number of carbonyl (C=O) groups is 1. The van der Waals surface area contributed by atoms with Crippen LogP contribution in [0.5, 0.6) is 0 Å². The highest BCUT2D eigenvalue weighted by molar-refractivity contribution is 5.71. The van der Waals surface area contributed by atoms with E-state index < -0.39 is 0 Å². The molecule has 92 valence electrons. The van der Waals surface area contributed by atoms with Crippen LogP contribution in [0.4, 0.5) is 0 Å². The van der Waals surface area contributed by atoms with Gasteiger partial charge in [0.05, 0.1) is 13.2 Å². The Balaban J connectivity index is 1.72. The van der Waals surface area contributed by atoms with E-state index in [0.717, 1.165) is 13.1 Å². The van der Waals surface area contributed by atoms with E-state index in [4.69, 9.17) is 4.74 Å². The van der Waals surface area contributed by atoms with Crippen LogP contribution in [-0.2, 0) is 9.53 Å². The van der Waals surface area contributed by atoms with Gasteiger partial charge in [-0.15, -0.1) is 0 Å². The molecule has 2 rings (SSSR count). The van der Waals surface area contributed by atoms with Crippen molar-refractivity contribution in [1.29, 1.82) is 0 Å². The summed E-state index contributed by atoms with van der Waals surface area (Å²) in [4.78, 5) is 16.1. The Morgan fingerprint density at radius 1 is 1.31 bits per heavy atom. The number of ether oxygens (including phenoxy) is 1. The topological polar surface area (TPSA) is 32.8 Å². The van der Waals surface area contributed by atoms with Crippen molar-refractivity contribution in [3.63, 3.8) is 0 Å². The van der Waals surface area contributed by atoms with Gasteiger partial charge in [-0.1, -0.05) is 0 Å². The van der Waals surface area contributed by atoms with Gasteiger partial charge in [0.1, 0.15) is 0 Å². The molecule has 0 N–H and O–H groups in total. The van der Waals surface area contributed by atoms with Crippen molar-refractivity contribution < 1.29 is 9.53 Å². The zero-order valence-electron chi connectivity index (χ0n) is 10.2. The van der Waals surface area contributed by atoms with E-state index in [1.54, 1.807) is 0 Å². The maximum atomic E-state index is 11.3. The molecule has 1 atom stereocenters. The first-order chi connectivity index (χ1) is 7.79. The molecule has 0 aromatic rings. The molecular formula is C12H22N2O2. The fraction of sp³-hybridized carbons (Fsp3) is 0.917. The number of nitrogens with zero attached hydrogens (tertiary/aromatic N) is 2. The van der Waals surface area contributed by atoms with Crippen LogP contribution >= 0.6 is 0 Å². The van der Waals surface area contributed by atoms with E-state index >= 15 is 0 Å². The summed E-state index contributed by atoms with van der Waals surface area (Å²) in [5.74, 6) is -0.0791. The largest absolute Gasteiger partial charge is 0.465 e. The summed E-state index contributed by atoms with van der Waals surface area (Å²) < 4.78 is 4.97. The van der Waals surface area contributed by atoms with Gasteiger partial charge in [-0.25, -0.2) is 0 Å². The third-order valence-electron chi connectivity index (χ3n) is 3.56. The van der Waals surface area contributed by atoms with Gasteiger partial charge in [0.15, 0.2) is 0 Å². The number of esters is 1. The van der Waals surface area contributed by atoms with E-state index in [-0.39, 0.29) is 5.97 Å². The minimum absolute atomic E-state index is 0.0791. The average Bonchev–Trinajstić information content (AvgIpc) is 2.86. The number of rotatable bonds is 4. The molecule has 2 fully saturated rings. The number of carbonyl (C=O) groups excluding carboxylic acids is 1. The summed E-state index contributed by atoms with van der Waals surface area (Å²) in [5, 5.41) is 0. The van der Waals surface area contributed by atoms with Gasteiger partial charge in [0, 0.05) is 19.1 Å². The maximum absolute atomic E-state index is 11.3. The fourth-order valence-corrected chi connectivity index (χ4v) is 2.75. The summed E-state index contributed by atoms with van der Waals surface area (Å²) in [6.45, 7) is 7.39. The molecule has 4 heteroatoms. The zero-order chi connectivity index (χ0) is 11.4. The molecule has 1 unspecified atom stereocenters. The van der Waals surface area contributed by atoms with Crippen molar-refractivity contribution in [1.82, 2.24) is 9.80 Å². The van der Waals surface area contributed by atoms with Gasteiger partial charge < -0.3 is 4.74 Å². The zero-order valence-corrected chi connectivity index (χ0v) is 10.2. The molecule has 2 heterocycles. The van der Waals surface area contributed by atoms with Crippen LogP contribution in [0.2, 0.25) is 0 Å². The normalized spacial score (nSPS) is 27.4. The van der Waals surface area contributed by atoms with Crippen molar-refractivity contribution in [2.24, 2.45) is 0 Å². The van der Waals surface area contributed by atoms with Crippen molar-refractivity contribution in [2.45, 2.75) is 32.2 Å². The Bertz CT molecular complexity index is 239. The highest BCUT2D eigenvalue weighted by Crippen LogP contribution is 2.20. The number of hydrogen-bond acceptors (Lipinski definition) is 4. The minimum Gasteiger partial charge on any atom is -0.465 e. The standard InChI is InChI=1S/C12H22N2O2/c1-2-16-12(15)10-13-8-5-11(9-13)14-6-3-4-7-14/h11H,2-10H2,1H3. The molecule has 0 bridgehead atoms. The third-order valence-corrected chi connectivity index (χ3v) is 3.56. The Kier molecular flexibility index (Phi) is 4.18. The van der Waals surface area contributed by atoms with Crippen molar-refractivity contribution >= 4 is 5.97 Å². The Labute approximate surface area is 97.5 Å². The number of likely N-dealkylation sites (tertiary alicyclic amines) is 2. The summed E-state index contributed by atoms with van der Waals surface area (Å²) >= 11 is 0. The van der Waals surface area contributed by atoms with Gasteiger partial charge in [0.25, 0.3) is 0 Å². The Hall–Kier alpha value is -0.610. The Morgan fingerprint density at radius 2 is 2.06 bits per heavy atom. The maximum Gasteiger partial charge on any atom is 0.320 e. The van der Waals surface area contributed by atoms with Crippen molar-refractivity contribution in [3.05, 3.63) is 0 Å². The van der Waals surface area contributed by atoms with E-state index in [0.29, 0.717) is 19.2 Å². The molecule has 0 aliphatic carbocycles. The quantitative estimate of drug-likeness (QED) is 0.661. The summed E-state index contributed by atoms with van der Waals surface area (Å²) in [7, 11) is 0. The molecular weight excluding hydrogens is 204 g/mol. The van der Waals surface area contributed by atoms with E-state index in [1.807, 2.05) is 6.92 Å². The first kappa shape index (κ1) is 11.9. The third kappa shape index (κ3) is 2.95. The first-order valence-electron chi connectivity index (χ1n) is 6.41. The molecule has 4 nitrogen and oxygen atoms in total. The molecule has 0 amide bonds. The average molecular weight is 226 g/mol. The van der Waals surface area contributed by atoms with Crippen LogP contribution in [0.3, 0.4) is 0 Å². The second-order valence-electron chi connectivity index (χ2n) is 4.73. The number of hydrogen-bond donors (Lipinski definition) is 0. The molecule has 16 heavy (non-hydrogen) atoms. The van der Waals surface area contributed by atoms with Gasteiger partial charge in [-0.05, 0) is 39.3 Å². The molecule has 0 spiro atoms. The van der Waals surface area contributed by atoms with Gasteiger partial charge >= 0.3 is 5.97 Å². The first-order valence-corrected chi connectivity index (χ1v) is 6.41. The lowest BCUT2D eigenvalue weighted by atomic mass is 10.2. The van der Waals surface area contributed by atoms with Gasteiger partial charge in [-0.3, -0.25) is 14.6 Å². The van der Waals surface area contributed by atoms with Crippen molar-refractivity contribution in [3.8, 4) is 0 Å². The SMILES string of the molecule is CCOC(=O)CN1CCC(N2CCCC2)C1. The van der Waals surface area contributed by atoms with E-state index in [9.17, 15) is 4.79 Å². The monoisotopic (exact) mass is 226 g/mol. The second kappa shape index (κ2) is 5.64. The second-order valence-corrected chi connectivity index (χ2v) is 4.73. The predicted molar refractivity (Wildman–Crippen MR) is 62.3 cm³/mol. The smallest absolute Gasteiger partial charge is 0.320 e. The van der Waals surface area contributed by atoms with Crippen molar-refractivity contribution in [2.75, 3.05) is 39.3 Å². The molecule has 2 aliphatic heterocycles. The molecule has 0 saturated carbocycles. The molecule has 0 radical (unpaired) electrons. The van der Waals surface area contributed by atoms with Gasteiger partial charge in [0.2, 0.25) is 0 Å². The minimum atomic E-state index is -0.0791. The molecule has 2 aliphatic rings. The summed E-state index contributed by atoms with van der Waals surface area (Å²) in [6, 6.07) is 0.678. The van der Waals surface area contributed by atoms with Crippen LogP contribution in [-0.4, -0.2) is 61.1 Å².